The van der Waals surface area contributed by atoms with Crippen molar-refractivity contribution in [3.05, 3.63) is 59.9 Å². The second-order valence-electron chi connectivity index (χ2n) is 4.76. The third-order valence-corrected chi connectivity index (χ3v) is 3.08. The molecule has 0 saturated heterocycles. The largest absolute Gasteiger partial charge is 0.354 e. The molecule has 0 saturated carbocycles. The van der Waals surface area contributed by atoms with Crippen LogP contribution in [0.25, 0.3) is 0 Å². The van der Waals surface area contributed by atoms with Gasteiger partial charge in [0.2, 0.25) is 5.91 Å². The van der Waals surface area contributed by atoms with Crippen LogP contribution in [0.4, 0.5) is 0 Å². The Morgan fingerprint density at radius 2 is 2.00 bits per heavy atom. The summed E-state index contributed by atoms with van der Waals surface area (Å²) < 4.78 is 2.06. The molecule has 0 aliphatic heterocycles. The van der Waals surface area contributed by atoms with Crippen LogP contribution in [0.15, 0.2) is 48.8 Å². The van der Waals surface area contributed by atoms with Gasteiger partial charge in [-0.3, -0.25) is 4.79 Å². The van der Waals surface area contributed by atoms with E-state index < -0.39 is 0 Å². The molecule has 1 N–H and O–H groups in total. The minimum atomic E-state index is 0.119. The first kappa shape index (κ1) is 13.4. The third-order valence-electron chi connectivity index (χ3n) is 3.08. The number of carbonyl (C=O) groups is 1. The Bertz CT molecular complexity index is 517. The molecule has 0 atom stereocenters. The molecule has 2 rings (SSSR count). The van der Waals surface area contributed by atoms with Crippen LogP contribution in [0.2, 0.25) is 0 Å². The summed E-state index contributed by atoms with van der Waals surface area (Å²) in [5, 5.41) is 2.95. The van der Waals surface area contributed by atoms with E-state index in [1.54, 1.807) is 0 Å². The number of amides is 1. The molecule has 3 nitrogen and oxygen atoms in total. The first-order valence-corrected chi connectivity index (χ1v) is 6.67. The number of nitrogens with zero attached hydrogens (tertiary/aromatic N) is 1. The maximum atomic E-state index is 11.7. The van der Waals surface area contributed by atoms with E-state index in [0.29, 0.717) is 13.0 Å². The smallest absolute Gasteiger partial charge is 0.220 e. The van der Waals surface area contributed by atoms with Gasteiger partial charge in [-0.1, -0.05) is 29.8 Å². The molecular weight excluding hydrogens is 236 g/mol. The Morgan fingerprint density at radius 3 is 2.74 bits per heavy atom. The van der Waals surface area contributed by atoms with Crippen molar-refractivity contribution >= 4 is 5.91 Å². The predicted molar refractivity (Wildman–Crippen MR) is 76.9 cm³/mol. The van der Waals surface area contributed by atoms with Gasteiger partial charge in [0.25, 0.3) is 0 Å². The molecule has 0 aliphatic rings. The van der Waals surface area contributed by atoms with E-state index in [9.17, 15) is 4.79 Å². The molecule has 0 bridgehead atoms. The van der Waals surface area contributed by atoms with E-state index in [4.69, 9.17) is 0 Å². The lowest BCUT2D eigenvalue weighted by atomic mass is 10.1. The molecule has 1 heterocycles. The average molecular weight is 256 g/mol. The predicted octanol–water partition coefficient (Wildman–Crippen LogP) is 2.55. The molecule has 0 aliphatic carbocycles. The molecule has 0 fully saturated rings. The fraction of sp³-hybridized carbons (Fsp3) is 0.312. The van der Waals surface area contributed by atoms with E-state index in [0.717, 1.165) is 13.0 Å². The Labute approximate surface area is 114 Å². The number of nitrogens with one attached hydrogen (secondary N) is 1. The van der Waals surface area contributed by atoms with Crippen LogP contribution in [0, 0.1) is 6.92 Å². The van der Waals surface area contributed by atoms with Crippen LogP contribution < -0.4 is 5.32 Å². The highest BCUT2D eigenvalue weighted by molar-refractivity contribution is 5.76. The van der Waals surface area contributed by atoms with Gasteiger partial charge in [-0.2, -0.15) is 0 Å². The highest BCUT2D eigenvalue weighted by atomic mass is 16.1. The Hall–Kier alpha value is -2.03. The second-order valence-corrected chi connectivity index (χ2v) is 4.76. The first-order valence-electron chi connectivity index (χ1n) is 6.67. The summed E-state index contributed by atoms with van der Waals surface area (Å²) in [7, 11) is 0. The minimum Gasteiger partial charge on any atom is -0.354 e. The molecule has 1 amide bonds. The molecule has 100 valence electrons. The van der Waals surface area contributed by atoms with Gasteiger partial charge in [-0.05, 0) is 31.0 Å². The lowest BCUT2D eigenvalue weighted by Crippen LogP contribution is -2.27. The van der Waals surface area contributed by atoms with Gasteiger partial charge in [0, 0.05) is 31.9 Å². The number of rotatable bonds is 6. The van der Waals surface area contributed by atoms with Crippen molar-refractivity contribution < 1.29 is 4.79 Å². The van der Waals surface area contributed by atoms with E-state index in [1.807, 2.05) is 30.6 Å². The summed E-state index contributed by atoms with van der Waals surface area (Å²) >= 11 is 0. The quantitative estimate of drug-likeness (QED) is 0.846. The Balaban J connectivity index is 1.67. The van der Waals surface area contributed by atoms with Crippen LogP contribution in [-0.2, 0) is 17.8 Å². The van der Waals surface area contributed by atoms with Crippen LogP contribution in [0.1, 0.15) is 17.5 Å². The van der Waals surface area contributed by atoms with Crippen molar-refractivity contribution in [2.45, 2.75) is 26.3 Å². The van der Waals surface area contributed by atoms with Crippen LogP contribution >= 0.6 is 0 Å². The van der Waals surface area contributed by atoms with Gasteiger partial charge in [0.15, 0.2) is 0 Å². The number of hydrogen-bond donors (Lipinski definition) is 1. The average Bonchev–Trinajstić information content (AvgIpc) is 2.90. The summed E-state index contributed by atoms with van der Waals surface area (Å²) in [6, 6.07) is 12.3. The summed E-state index contributed by atoms with van der Waals surface area (Å²) in [5.41, 5.74) is 2.46. The summed E-state index contributed by atoms with van der Waals surface area (Å²) in [5.74, 6) is 0.119. The Kier molecular flexibility index (Phi) is 4.78. The summed E-state index contributed by atoms with van der Waals surface area (Å²) in [6.45, 7) is 3.57. The molecule has 0 radical (unpaired) electrons. The van der Waals surface area contributed by atoms with Gasteiger partial charge in [-0.15, -0.1) is 0 Å². The van der Waals surface area contributed by atoms with E-state index in [2.05, 4.69) is 35.0 Å². The fourth-order valence-electron chi connectivity index (χ4n) is 2.06. The number of hydrogen-bond acceptors (Lipinski definition) is 1. The van der Waals surface area contributed by atoms with Crippen molar-refractivity contribution in [2.75, 3.05) is 6.54 Å². The lowest BCUT2D eigenvalue weighted by molar-refractivity contribution is -0.121. The molecule has 1 aromatic carbocycles. The molecule has 19 heavy (non-hydrogen) atoms. The maximum absolute atomic E-state index is 11.7. The SMILES string of the molecule is Cc1cccc(CCC(=O)NCCn2cccc2)c1. The number of aryl methyl sites for hydroxylation is 2. The van der Waals surface area contributed by atoms with E-state index >= 15 is 0 Å². The minimum absolute atomic E-state index is 0.119. The van der Waals surface area contributed by atoms with Gasteiger partial charge < -0.3 is 9.88 Å². The zero-order valence-electron chi connectivity index (χ0n) is 11.3. The normalized spacial score (nSPS) is 10.4. The first-order chi connectivity index (χ1) is 9.24. The van der Waals surface area contributed by atoms with Gasteiger partial charge in [-0.25, -0.2) is 0 Å². The third kappa shape index (κ3) is 4.62. The summed E-state index contributed by atoms with van der Waals surface area (Å²) in [4.78, 5) is 11.7. The Morgan fingerprint density at radius 1 is 1.21 bits per heavy atom. The van der Waals surface area contributed by atoms with E-state index in [1.165, 1.54) is 11.1 Å². The highest BCUT2D eigenvalue weighted by Crippen LogP contribution is 2.06. The van der Waals surface area contributed by atoms with E-state index in [-0.39, 0.29) is 5.91 Å². The van der Waals surface area contributed by atoms with Crippen LogP contribution in [-0.4, -0.2) is 17.0 Å². The molecule has 3 heteroatoms. The molecule has 1 aromatic heterocycles. The molecule has 0 unspecified atom stereocenters. The van der Waals surface area contributed by atoms with Crippen molar-refractivity contribution in [2.24, 2.45) is 0 Å². The number of benzene rings is 1. The van der Waals surface area contributed by atoms with Gasteiger partial charge in [0.1, 0.15) is 0 Å². The monoisotopic (exact) mass is 256 g/mol. The van der Waals surface area contributed by atoms with Crippen LogP contribution in [0.3, 0.4) is 0 Å². The number of carbonyl (C=O) groups excluding carboxylic acids is 1. The topological polar surface area (TPSA) is 34.0 Å². The molecule has 0 spiro atoms. The van der Waals surface area contributed by atoms with Crippen molar-refractivity contribution in [3.63, 3.8) is 0 Å². The molecule has 2 aromatic rings. The van der Waals surface area contributed by atoms with Crippen molar-refractivity contribution in [3.8, 4) is 0 Å². The van der Waals surface area contributed by atoms with Crippen molar-refractivity contribution in [1.82, 2.24) is 9.88 Å². The van der Waals surface area contributed by atoms with Gasteiger partial charge in [0.05, 0.1) is 0 Å². The summed E-state index contributed by atoms with van der Waals surface area (Å²) in [6.07, 6.45) is 5.35. The molecular formula is C16H20N2O. The fourth-order valence-corrected chi connectivity index (χ4v) is 2.06. The van der Waals surface area contributed by atoms with Crippen molar-refractivity contribution in [1.29, 1.82) is 0 Å². The number of aromatic nitrogens is 1. The standard InChI is InChI=1S/C16H20N2O/c1-14-5-4-6-15(13-14)7-8-16(19)17-9-12-18-10-2-3-11-18/h2-6,10-11,13H,7-9,12H2,1H3,(H,17,19). The van der Waals surface area contributed by atoms with Crippen LogP contribution in [0.5, 0.6) is 0 Å². The van der Waals surface area contributed by atoms with Gasteiger partial charge >= 0.3 is 0 Å². The zero-order valence-corrected chi connectivity index (χ0v) is 11.3. The second kappa shape index (κ2) is 6.78. The highest BCUT2D eigenvalue weighted by Gasteiger charge is 2.02. The zero-order chi connectivity index (χ0) is 13.5. The lowest BCUT2D eigenvalue weighted by Gasteiger charge is -2.06. The maximum Gasteiger partial charge on any atom is 0.220 e.